The monoisotopic (exact) mass is 387 g/mol. The van der Waals surface area contributed by atoms with E-state index in [1.807, 2.05) is 24.3 Å². The second-order valence-electron chi connectivity index (χ2n) is 6.05. The van der Waals surface area contributed by atoms with E-state index in [1.54, 1.807) is 30.3 Å². The van der Waals surface area contributed by atoms with E-state index in [0.717, 1.165) is 30.5 Å². The Morgan fingerprint density at radius 1 is 1.00 bits per heavy atom. The molecule has 0 aliphatic heterocycles. The van der Waals surface area contributed by atoms with E-state index in [-0.39, 0.29) is 11.7 Å². The zero-order valence-electron chi connectivity index (χ0n) is 14.4. The summed E-state index contributed by atoms with van der Waals surface area (Å²) in [4.78, 5) is 12.4. The van der Waals surface area contributed by atoms with Gasteiger partial charge in [-0.15, -0.1) is 0 Å². The quantitative estimate of drug-likeness (QED) is 0.502. The Balaban J connectivity index is 1.69. The SMILES string of the molecule is CCCCc1ccc(NC(=O)c2ccc(-c3ccc(Cl)c(Cl)c3)o2)cc1. The van der Waals surface area contributed by atoms with Crippen molar-refractivity contribution in [1.29, 1.82) is 0 Å². The van der Waals surface area contributed by atoms with Crippen LogP contribution >= 0.6 is 23.2 Å². The molecule has 0 atom stereocenters. The highest BCUT2D eigenvalue weighted by Gasteiger charge is 2.13. The fraction of sp³-hybridized carbons (Fsp3) is 0.190. The second-order valence-corrected chi connectivity index (χ2v) is 6.86. The van der Waals surface area contributed by atoms with E-state index in [0.29, 0.717) is 15.8 Å². The molecule has 1 aromatic heterocycles. The minimum absolute atomic E-state index is 0.237. The highest BCUT2D eigenvalue weighted by atomic mass is 35.5. The number of carbonyl (C=O) groups excluding carboxylic acids is 1. The Kier molecular flexibility index (Phi) is 6.02. The molecular weight excluding hydrogens is 369 g/mol. The third-order valence-electron chi connectivity index (χ3n) is 4.06. The van der Waals surface area contributed by atoms with E-state index >= 15 is 0 Å². The molecule has 2 aromatic carbocycles. The molecule has 0 aliphatic rings. The summed E-state index contributed by atoms with van der Waals surface area (Å²) in [6.07, 6.45) is 3.38. The number of unbranched alkanes of at least 4 members (excludes halogenated alkanes) is 1. The van der Waals surface area contributed by atoms with E-state index in [1.165, 1.54) is 5.56 Å². The number of furan rings is 1. The van der Waals surface area contributed by atoms with Crippen molar-refractivity contribution in [2.24, 2.45) is 0 Å². The number of aryl methyl sites for hydroxylation is 1. The van der Waals surface area contributed by atoms with Crippen molar-refractivity contribution < 1.29 is 9.21 Å². The molecule has 0 bridgehead atoms. The highest BCUT2D eigenvalue weighted by molar-refractivity contribution is 6.42. The molecular formula is C21H19Cl2NO2. The third-order valence-corrected chi connectivity index (χ3v) is 4.80. The molecule has 0 spiro atoms. The van der Waals surface area contributed by atoms with Gasteiger partial charge < -0.3 is 9.73 Å². The van der Waals surface area contributed by atoms with Crippen LogP contribution in [0.4, 0.5) is 5.69 Å². The van der Waals surface area contributed by atoms with Gasteiger partial charge in [0.25, 0.3) is 5.91 Å². The first-order valence-corrected chi connectivity index (χ1v) is 9.28. The van der Waals surface area contributed by atoms with Gasteiger partial charge in [-0.25, -0.2) is 0 Å². The standard InChI is InChI=1S/C21H19Cl2NO2/c1-2-3-4-14-5-8-16(9-6-14)24-21(25)20-12-11-19(26-20)15-7-10-17(22)18(23)13-15/h5-13H,2-4H2,1H3,(H,24,25). The van der Waals surface area contributed by atoms with E-state index in [9.17, 15) is 4.79 Å². The lowest BCUT2D eigenvalue weighted by Gasteiger charge is -2.05. The van der Waals surface area contributed by atoms with Crippen LogP contribution in [-0.4, -0.2) is 5.91 Å². The number of rotatable bonds is 6. The molecule has 0 unspecified atom stereocenters. The van der Waals surface area contributed by atoms with Crippen LogP contribution in [0, 0.1) is 0 Å². The first-order valence-electron chi connectivity index (χ1n) is 8.52. The van der Waals surface area contributed by atoms with Crippen molar-refractivity contribution >= 4 is 34.8 Å². The van der Waals surface area contributed by atoms with E-state index < -0.39 is 0 Å². The topological polar surface area (TPSA) is 42.2 Å². The van der Waals surface area contributed by atoms with Crippen molar-refractivity contribution in [2.75, 3.05) is 5.32 Å². The van der Waals surface area contributed by atoms with Gasteiger partial charge in [0.15, 0.2) is 5.76 Å². The minimum Gasteiger partial charge on any atom is -0.451 e. The number of carbonyl (C=O) groups is 1. The molecule has 0 aliphatic carbocycles. The van der Waals surface area contributed by atoms with Gasteiger partial charge in [-0.2, -0.15) is 0 Å². The summed E-state index contributed by atoms with van der Waals surface area (Å²) in [5.41, 5.74) is 2.77. The zero-order chi connectivity index (χ0) is 18.5. The summed E-state index contributed by atoms with van der Waals surface area (Å²) in [6.45, 7) is 2.17. The summed E-state index contributed by atoms with van der Waals surface area (Å²) in [5, 5.41) is 3.76. The Bertz CT molecular complexity index is 901. The second kappa shape index (κ2) is 8.43. The molecule has 5 heteroatoms. The number of benzene rings is 2. The first-order chi connectivity index (χ1) is 12.6. The molecule has 0 saturated carbocycles. The molecule has 0 saturated heterocycles. The molecule has 3 nitrogen and oxygen atoms in total. The largest absolute Gasteiger partial charge is 0.451 e. The van der Waals surface area contributed by atoms with Gasteiger partial charge in [0.1, 0.15) is 5.76 Å². The third kappa shape index (κ3) is 4.48. The lowest BCUT2D eigenvalue weighted by molar-refractivity contribution is 0.0997. The van der Waals surface area contributed by atoms with Gasteiger partial charge in [0, 0.05) is 11.3 Å². The normalized spacial score (nSPS) is 10.7. The molecule has 134 valence electrons. The zero-order valence-corrected chi connectivity index (χ0v) is 15.9. The Labute approximate surface area is 162 Å². The maximum atomic E-state index is 12.4. The van der Waals surface area contributed by atoms with E-state index in [4.69, 9.17) is 27.6 Å². The molecule has 26 heavy (non-hydrogen) atoms. The number of anilines is 1. The van der Waals surface area contributed by atoms with Crippen molar-refractivity contribution in [1.82, 2.24) is 0 Å². The molecule has 3 aromatic rings. The predicted molar refractivity (Wildman–Crippen MR) is 107 cm³/mol. The summed E-state index contributed by atoms with van der Waals surface area (Å²) in [7, 11) is 0. The van der Waals surface area contributed by atoms with Crippen LogP contribution in [0.5, 0.6) is 0 Å². The van der Waals surface area contributed by atoms with Crippen LogP contribution in [0.15, 0.2) is 59.0 Å². The van der Waals surface area contributed by atoms with Crippen LogP contribution in [0.3, 0.4) is 0 Å². The summed E-state index contributed by atoms with van der Waals surface area (Å²) >= 11 is 12.0. The molecule has 3 rings (SSSR count). The molecule has 0 fully saturated rings. The number of halogens is 2. The van der Waals surface area contributed by atoms with Crippen LogP contribution in [0.2, 0.25) is 10.0 Å². The predicted octanol–water partition coefficient (Wildman–Crippen LogP) is 6.85. The lowest BCUT2D eigenvalue weighted by Crippen LogP contribution is -2.10. The Morgan fingerprint density at radius 3 is 2.46 bits per heavy atom. The number of hydrogen-bond acceptors (Lipinski definition) is 2. The summed E-state index contributed by atoms with van der Waals surface area (Å²) < 4.78 is 5.66. The molecule has 1 amide bonds. The van der Waals surface area contributed by atoms with Crippen LogP contribution in [0.25, 0.3) is 11.3 Å². The number of nitrogens with one attached hydrogen (secondary N) is 1. The van der Waals surface area contributed by atoms with Gasteiger partial charge in [-0.05, 0) is 60.9 Å². The maximum Gasteiger partial charge on any atom is 0.291 e. The average molecular weight is 388 g/mol. The molecule has 0 radical (unpaired) electrons. The van der Waals surface area contributed by atoms with Gasteiger partial charge in [0.2, 0.25) is 0 Å². The smallest absolute Gasteiger partial charge is 0.291 e. The maximum absolute atomic E-state index is 12.4. The lowest BCUT2D eigenvalue weighted by atomic mass is 10.1. The summed E-state index contributed by atoms with van der Waals surface area (Å²) in [5.74, 6) is 0.502. The highest BCUT2D eigenvalue weighted by Crippen LogP contribution is 2.29. The van der Waals surface area contributed by atoms with Gasteiger partial charge in [-0.1, -0.05) is 48.7 Å². The molecule has 1 heterocycles. The summed E-state index contributed by atoms with van der Waals surface area (Å²) in [6, 6.07) is 16.5. The minimum atomic E-state index is -0.294. The fourth-order valence-corrected chi connectivity index (χ4v) is 2.89. The van der Waals surface area contributed by atoms with Crippen molar-refractivity contribution in [3.63, 3.8) is 0 Å². The Morgan fingerprint density at radius 2 is 1.77 bits per heavy atom. The number of amides is 1. The number of hydrogen-bond donors (Lipinski definition) is 1. The van der Waals surface area contributed by atoms with Crippen molar-refractivity contribution in [2.45, 2.75) is 26.2 Å². The van der Waals surface area contributed by atoms with Crippen LogP contribution in [0.1, 0.15) is 35.9 Å². The van der Waals surface area contributed by atoms with Gasteiger partial charge in [-0.3, -0.25) is 4.79 Å². The van der Waals surface area contributed by atoms with Crippen molar-refractivity contribution in [3.05, 3.63) is 76.0 Å². The average Bonchev–Trinajstić information content (AvgIpc) is 3.14. The van der Waals surface area contributed by atoms with Crippen LogP contribution in [-0.2, 0) is 6.42 Å². The van der Waals surface area contributed by atoms with Crippen molar-refractivity contribution in [3.8, 4) is 11.3 Å². The van der Waals surface area contributed by atoms with Crippen LogP contribution < -0.4 is 5.32 Å². The van der Waals surface area contributed by atoms with Gasteiger partial charge >= 0.3 is 0 Å². The van der Waals surface area contributed by atoms with Gasteiger partial charge in [0.05, 0.1) is 10.0 Å². The molecule has 1 N–H and O–H groups in total. The first kappa shape index (κ1) is 18.6. The Hall–Kier alpha value is -2.23. The fourth-order valence-electron chi connectivity index (χ4n) is 2.59. The van der Waals surface area contributed by atoms with E-state index in [2.05, 4.69) is 12.2 Å².